The number of hydrogen-bond acceptors (Lipinski definition) is 4. The molecule has 34 heavy (non-hydrogen) atoms. The summed E-state index contributed by atoms with van der Waals surface area (Å²) in [6.45, 7) is 4.70. The molecular weight excluding hydrogens is 462 g/mol. The molecule has 0 atom stereocenters. The fraction of sp³-hybridized carbons (Fsp3) is 0.261. The van der Waals surface area contributed by atoms with Crippen molar-refractivity contribution in [3.05, 3.63) is 66.5 Å². The topological polar surface area (TPSA) is 49.3 Å². The number of alkyl halides is 6. The second-order valence-corrected chi connectivity index (χ2v) is 7.67. The van der Waals surface area contributed by atoms with Crippen molar-refractivity contribution < 1.29 is 31.1 Å². The Kier molecular flexibility index (Phi) is 5.96. The molecule has 0 spiro atoms. The van der Waals surface area contributed by atoms with Gasteiger partial charge in [-0.25, -0.2) is 9.97 Å². The van der Waals surface area contributed by atoms with Gasteiger partial charge in [-0.05, 0) is 35.4 Å². The zero-order chi connectivity index (χ0) is 24.7. The molecule has 1 fully saturated rings. The third kappa shape index (κ3) is 4.42. The minimum Gasteiger partial charge on any atom is -0.352 e. The number of benzene rings is 2. The molecule has 0 aliphatic carbocycles. The summed E-state index contributed by atoms with van der Waals surface area (Å²) >= 11 is 0. The van der Waals surface area contributed by atoms with E-state index in [-0.39, 0.29) is 22.6 Å². The number of nitrogens with zero attached hydrogens (tertiary/aromatic N) is 4. The largest absolute Gasteiger partial charge is 0.417 e. The van der Waals surface area contributed by atoms with Crippen molar-refractivity contribution in [3.63, 3.8) is 0 Å². The van der Waals surface area contributed by atoms with E-state index in [0.717, 1.165) is 36.7 Å². The lowest BCUT2D eigenvalue weighted by Crippen LogP contribution is -2.48. The van der Waals surface area contributed by atoms with Crippen LogP contribution in [0.5, 0.6) is 0 Å². The highest BCUT2D eigenvalue weighted by molar-refractivity contribution is 5.94. The number of hydrogen-bond donors (Lipinski definition) is 0. The maximum Gasteiger partial charge on any atom is 0.417 e. The molecule has 1 saturated heterocycles. The molecule has 0 saturated carbocycles. The normalized spacial score (nSPS) is 15.0. The smallest absolute Gasteiger partial charge is 0.352 e. The number of carbonyl (C=O) groups is 1. The predicted octanol–water partition coefficient (Wildman–Crippen LogP) is 5.17. The molecule has 11 heteroatoms. The lowest BCUT2D eigenvalue weighted by molar-refractivity contribution is -0.139. The number of rotatable bonds is 3. The molecule has 1 aliphatic heterocycles. The third-order valence-corrected chi connectivity index (χ3v) is 5.65. The van der Waals surface area contributed by atoms with E-state index >= 15 is 0 Å². The third-order valence-electron chi connectivity index (χ3n) is 5.65. The quantitative estimate of drug-likeness (QED) is 0.384. The number of aromatic nitrogens is 2. The number of piperazine rings is 1. The zero-order valence-corrected chi connectivity index (χ0v) is 17.6. The summed E-state index contributed by atoms with van der Waals surface area (Å²) in [5.74, 6) is -0.0311. The number of carbonyl (C=O) groups excluding carboxylic acids is 1. The zero-order valence-electron chi connectivity index (χ0n) is 17.6. The van der Waals surface area contributed by atoms with Crippen LogP contribution in [0, 0.1) is 0 Å². The van der Waals surface area contributed by atoms with Crippen molar-refractivity contribution in [2.75, 3.05) is 31.1 Å². The Morgan fingerprint density at radius 2 is 1.53 bits per heavy atom. The average Bonchev–Trinajstić information content (AvgIpc) is 2.81. The van der Waals surface area contributed by atoms with Gasteiger partial charge in [0.15, 0.2) is 0 Å². The molecule has 0 bridgehead atoms. The van der Waals surface area contributed by atoms with Crippen molar-refractivity contribution in [1.29, 1.82) is 0 Å². The highest BCUT2D eigenvalue weighted by Crippen LogP contribution is 2.44. The summed E-state index contributed by atoms with van der Waals surface area (Å²) in [6.07, 6.45) is -7.42. The highest BCUT2D eigenvalue weighted by Gasteiger charge is 2.39. The fourth-order valence-corrected chi connectivity index (χ4v) is 4.03. The second kappa shape index (κ2) is 8.62. The van der Waals surface area contributed by atoms with Gasteiger partial charge in [-0.3, -0.25) is 4.79 Å². The summed E-state index contributed by atoms with van der Waals surface area (Å²) in [5, 5.41) is 0.0616. The van der Waals surface area contributed by atoms with Gasteiger partial charge in [0.2, 0.25) is 5.91 Å². The van der Waals surface area contributed by atoms with Crippen molar-refractivity contribution in [2.45, 2.75) is 12.4 Å². The average molecular weight is 480 g/mol. The van der Waals surface area contributed by atoms with E-state index in [1.54, 1.807) is 9.80 Å². The Bertz CT molecular complexity index is 1250. The van der Waals surface area contributed by atoms with Gasteiger partial charge in [0.25, 0.3) is 0 Å². The first kappa shape index (κ1) is 23.5. The van der Waals surface area contributed by atoms with Gasteiger partial charge < -0.3 is 9.80 Å². The van der Waals surface area contributed by atoms with Crippen LogP contribution in [0.15, 0.2) is 55.4 Å². The molecule has 2 heterocycles. The Hall–Kier alpha value is -3.63. The number of fused-ring (bicyclic) bond motifs is 1. The van der Waals surface area contributed by atoms with Crippen molar-refractivity contribution in [2.24, 2.45) is 0 Å². The maximum atomic E-state index is 14.1. The van der Waals surface area contributed by atoms with E-state index in [4.69, 9.17) is 0 Å². The van der Waals surface area contributed by atoms with Gasteiger partial charge in [0, 0.05) is 31.6 Å². The molecular formula is C23H18F6N4O. The van der Waals surface area contributed by atoms with Gasteiger partial charge in [0.05, 0.1) is 16.6 Å². The van der Waals surface area contributed by atoms with E-state index in [1.165, 1.54) is 12.1 Å². The fourth-order valence-electron chi connectivity index (χ4n) is 4.03. The predicted molar refractivity (Wildman–Crippen MR) is 114 cm³/mol. The highest BCUT2D eigenvalue weighted by atomic mass is 19.4. The van der Waals surface area contributed by atoms with Crippen LogP contribution in [0.3, 0.4) is 0 Å². The summed E-state index contributed by atoms with van der Waals surface area (Å²) in [4.78, 5) is 23.3. The molecule has 4 rings (SSSR count). The minimum absolute atomic E-state index is 0.0616. The summed E-state index contributed by atoms with van der Waals surface area (Å²) in [5.41, 5.74) is -3.50. The van der Waals surface area contributed by atoms with Gasteiger partial charge in [0.1, 0.15) is 12.1 Å². The van der Waals surface area contributed by atoms with Crippen LogP contribution in [0.25, 0.3) is 22.0 Å². The first-order valence-corrected chi connectivity index (χ1v) is 10.2. The van der Waals surface area contributed by atoms with Crippen LogP contribution in [-0.2, 0) is 17.1 Å². The SMILES string of the molecule is C=CC(=O)N1CCN(c2ncnc3cc(-c4ccccc4C(F)(F)F)c(C(F)(F)F)cc23)CC1. The van der Waals surface area contributed by atoms with E-state index in [0.29, 0.717) is 26.2 Å². The Morgan fingerprint density at radius 3 is 2.15 bits per heavy atom. The van der Waals surface area contributed by atoms with Gasteiger partial charge in [-0.1, -0.05) is 24.8 Å². The summed E-state index contributed by atoms with van der Waals surface area (Å²) in [6, 6.07) is 5.95. The number of anilines is 1. The Morgan fingerprint density at radius 1 is 0.882 bits per heavy atom. The summed E-state index contributed by atoms with van der Waals surface area (Å²) < 4.78 is 82.8. The standard InChI is InChI=1S/C23H18F6N4O/c1-2-20(34)32-7-9-33(10-8-32)21-16-11-18(23(27,28)29)15(12-19(16)30-13-31-21)14-5-3-4-6-17(14)22(24,25)26/h2-6,11-13H,1,7-10H2. The monoisotopic (exact) mass is 480 g/mol. The molecule has 1 aliphatic rings. The molecule has 1 aromatic heterocycles. The van der Waals surface area contributed by atoms with Gasteiger partial charge >= 0.3 is 12.4 Å². The van der Waals surface area contributed by atoms with Gasteiger partial charge in [-0.15, -0.1) is 0 Å². The molecule has 178 valence electrons. The van der Waals surface area contributed by atoms with Crippen LogP contribution in [0.4, 0.5) is 32.2 Å². The molecule has 0 radical (unpaired) electrons. The van der Waals surface area contributed by atoms with E-state index in [1.807, 2.05) is 0 Å². The first-order chi connectivity index (χ1) is 16.0. The van der Waals surface area contributed by atoms with Crippen LogP contribution in [0.2, 0.25) is 0 Å². The molecule has 2 aromatic carbocycles. The van der Waals surface area contributed by atoms with E-state index in [2.05, 4.69) is 16.5 Å². The summed E-state index contributed by atoms with van der Waals surface area (Å²) in [7, 11) is 0. The number of amides is 1. The molecule has 3 aromatic rings. The molecule has 0 N–H and O–H groups in total. The molecule has 5 nitrogen and oxygen atoms in total. The first-order valence-electron chi connectivity index (χ1n) is 10.2. The van der Waals surface area contributed by atoms with Crippen molar-refractivity contribution >= 4 is 22.6 Å². The van der Waals surface area contributed by atoms with Crippen molar-refractivity contribution in [1.82, 2.24) is 14.9 Å². The van der Waals surface area contributed by atoms with Crippen LogP contribution in [-0.4, -0.2) is 47.0 Å². The molecule has 1 amide bonds. The second-order valence-electron chi connectivity index (χ2n) is 7.67. The van der Waals surface area contributed by atoms with Crippen LogP contribution >= 0.6 is 0 Å². The van der Waals surface area contributed by atoms with E-state index in [9.17, 15) is 31.1 Å². The van der Waals surface area contributed by atoms with E-state index < -0.39 is 34.6 Å². The molecule has 0 unspecified atom stereocenters. The van der Waals surface area contributed by atoms with Gasteiger partial charge in [-0.2, -0.15) is 26.3 Å². The maximum absolute atomic E-state index is 14.1. The minimum atomic E-state index is -4.93. The lowest BCUT2D eigenvalue weighted by Gasteiger charge is -2.35. The van der Waals surface area contributed by atoms with Crippen molar-refractivity contribution in [3.8, 4) is 11.1 Å². The number of halogens is 6. The van der Waals surface area contributed by atoms with Crippen LogP contribution in [0.1, 0.15) is 11.1 Å². The lowest BCUT2D eigenvalue weighted by atomic mass is 9.93. The Labute approximate surface area is 190 Å². The Balaban J connectivity index is 1.85. The van der Waals surface area contributed by atoms with Crippen LogP contribution < -0.4 is 4.90 Å².